The van der Waals surface area contributed by atoms with Crippen LogP contribution in [0.3, 0.4) is 0 Å². The normalized spacial score (nSPS) is 18.9. The van der Waals surface area contributed by atoms with Gasteiger partial charge in [0.25, 0.3) is 0 Å². The van der Waals surface area contributed by atoms with Crippen LogP contribution in [0.15, 0.2) is 18.5 Å². The lowest BCUT2D eigenvalue weighted by atomic mass is 10.2. The molecule has 0 bridgehead atoms. The van der Waals surface area contributed by atoms with Crippen LogP contribution in [0.1, 0.15) is 12.8 Å². The molecule has 4 rings (SSSR count). The minimum absolute atomic E-state index is 0.161. The summed E-state index contributed by atoms with van der Waals surface area (Å²) in [6, 6.07) is 3.70. The number of ether oxygens (including phenoxy) is 2. The summed E-state index contributed by atoms with van der Waals surface area (Å²) in [6.07, 6.45) is 3.11. The number of piperazine rings is 1. The van der Waals surface area contributed by atoms with Gasteiger partial charge in [0, 0.05) is 37.6 Å². The fourth-order valence-corrected chi connectivity index (χ4v) is 5.18. The summed E-state index contributed by atoms with van der Waals surface area (Å²) in [7, 11) is 0.0613. The molecule has 0 unspecified atom stereocenters. The molecule has 1 saturated carbocycles. The van der Waals surface area contributed by atoms with Crippen molar-refractivity contribution in [3.8, 4) is 11.5 Å². The van der Waals surface area contributed by atoms with Gasteiger partial charge in [0.2, 0.25) is 10.0 Å². The monoisotopic (exact) mass is 378 g/mol. The number of benzene rings is 1. The standard InChI is InChI=1S/C17H22N4O4S/c1-24-15-9-13-14(10-16(15)25-2)18-11-19-17(13)20-5-7-21(8-6-20)26(22,23)12-3-4-12/h9-12H,3-8H2,1-2H3. The molecule has 1 aromatic carbocycles. The van der Waals surface area contributed by atoms with Gasteiger partial charge in [0.05, 0.1) is 25.0 Å². The van der Waals surface area contributed by atoms with E-state index < -0.39 is 10.0 Å². The van der Waals surface area contributed by atoms with Gasteiger partial charge in [-0.2, -0.15) is 4.31 Å². The minimum atomic E-state index is -3.12. The third kappa shape index (κ3) is 2.95. The van der Waals surface area contributed by atoms with E-state index in [1.807, 2.05) is 12.1 Å². The first-order valence-electron chi connectivity index (χ1n) is 8.65. The SMILES string of the molecule is COc1cc2ncnc(N3CCN(S(=O)(=O)C4CC4)CC3)c2cc1OC. The molecule has 0 radical (unpaired) electrons. The van der Waals surface area contributed by atoms with Crippen LogP contribution in [0.25, 0.3) is 10.9 Å². The van der Waals surface area contributed by atoms with E-state index in [4.69, 9.17) is 9.47 Å². The molecule has 26 heavy (non-hydrogen) atoms. The molecule has 0 atom stereocenters. The molecule has 1 saturated heterocycles. The van der Waals surface area contributed by atoms with Crippen LogP contribution in [0.5, 0.6) is 11.5 Å². The van der Waals surface area contributed by atoms with Crippen molar-refractivity contribution in [1.82, 2.24) is 14.3 Å². The van der Waals surface area contributed by atoms with E-state index in [-0.39, 0.29) is 5.25 Å². The van der Waals surface area contributed by atoms with Crippen LogP contribution in [-0.4, -0.2) is 68.3 Å². The van der Waals surface area contributed by atoms with Crippen LogP contribution < -0.4 is 14.4 Å². The number of anilines is 1. The summed E-state index contributed by atoms with van der Waals surface area (Å²) < 4.78 is 37.2. The highest BCUT2D eigenvalue weighted by Gasteiger charge is 2.41. The predicted octanol–water partition coefficient (Wildman–Crippen LogP) is 1.26. The number of fused-ring (bicyclic) bond motifs is 1. The molecular weight excluding hydrogens is 356 g/mol. The van der Waals surface area contributed by atoms with Gasteiger partial charge in [-0.15, -0.1) is 0 Å². The van der Waals surface area contributed by atoms with Crippen molar-refractivity contribution in [3.05, 3.63) is 18.5 Å². The first-order chi connectivity index (χ1) is 12.5. The molecule has 2 heterocycles. The summed E-state index contributed by atoms with van der Waals surface area (Å²) in [5.41, 5.74) is 0.765. The van der Waals surface area contributed by atoms with Crippen molar-refractivity contribution >= 4 is 26.7 Å². The molecule has 140 valence electrons. The van der Waals surface area contributed by atoms with Crippen LogP contribution in [0.4, 0.5) is 5.82 Å². The molecule has 8 nitrogen and oxygen atoms in total. The van der Waals surface area contributed by atoms with E-state index in [1.54, 1.807) is 18.5 Å². The molecule has 2 fully saturated rings. The Kier molecular flexibility index (Phi) is 4.36. The van der Waals surface area contributed by atoms with Gasteiger partial charge in [-0.1, -0.05) is 0 Å². The molecule has 0 spiro atoms. The minimum Gasteiger partial charge on any atom is -0.493 e. The first-order valence-corrected chi connectivity index (χ1v) is 10.2. The molecule has 2 aromatic rings. The van der Waals surface area contributed by atoms with E-state index in [0.29, 0.717) is 37.7 Å². The van der Waals surface area contributed by atoms with Gasteiger partial charge in [0.1, 0.15) is 12.1 Å². The summed E-state index contributed by atoms with van der Waals surface area (Å²) in [6.45, 7) is 2.17. The average molecular weight is 378 g/mol. The number of aromatic nitrogens is 2. The van der Waals surface area contributed by atoms with Crippen LogP contribution in [-0.2, 0) is 10.0 Å². The van der Waals surface area contributed by atoms with Crippen molar-refractivity contribution in [2.45, 2.75) is 18.1 Å². The third-order valence-corrected chi connectivity index (χ3v) is 7.36. The Labute approximate surface area is 152 Å². The highest BCUT2D eigenvalue weighted by Crippen LogP contribution is 2.35. The zero-order valence-electron chi connectivity index (χ0n) is 14.9. The average Bonchev–Trinajstić information content (AvgIpc) is 3.52. The van der Waals surface area contributed by atoms with Gasteiger partial charge in [-0.05, 0) is 18.9 Å². The summed E-state index contributed by atoms with van der Waals surface area (Å²) >= 11 is 0. The van der Waals surface area contributed by atoms with Crippen molar-refractivity contribution in [2.75, 3.05) is 45.3 Å². The number of nitrogens with zero attached hydrogens (tertiary/aromatic N) is 4. The van der Waals surface area contributed by atoms with E-state index in [2.05, 4.69) is 14.9 Å². The lowest BCUT2D eigenvalue weighted by Gasteiger charge is -2.35. The largest absolute Gasteiger partial charge is 0.493 e. The van der Waals surface area contributed by atoms with Crippen LogP contribution in [0, 0.1) is 0 Å². The van der Waals surface area contributed by atoms with Crippen molar-refractivity contribution in [3.63, 3.8) is 0 Å². The summed E-state index contributed by atoms with van der Waals surface area (Å²) in [5, 5.41) is 0.703. The Morgan fingerprint density at radius 2 is 1.65 bits per heavy atom. The smallest absolute Gasteiger partial charge is 0.217 e. The van der Waals surface area contributed by atoms with Gasteiger partial charge < -0.3 is 14.4 Å². The zero-order chi connectivity index (χ0) is 18.3. The molecule has 1 aromatic heterocycles. The summed E-state index contributed by atoms with van der Waals surface area (Å²) in [4.78, 5) is 10.9. The van der Waals surface area contributed by atoms with E-state index in [0.717, 1.165) is 29.6 Å². The molecule has 2 aliphatic rings. The number of rotatable bonds is 5. The second-order valence-electron chi connectivity index (χ2n) is 6.55. The maximum absolute atomic E-state index is 12.4. The molecular formula is C17H22N4O4S. The lowest BCUT2D eigenvalue weighted by molar-refractivity contribution is 0.355. The molecule has 0 N–H and O–H groups in total. The Balaban J connectivity index is 1.61. The Hall–Kier alpha value is -2.13. The molecule has 1 aliphatic carbocycles. The summed E-state index contributed by atoms with van der Waals surface area (Å²) in [5.74, 6) is 2.02. The third-order valence-electron chi connectivity index (χ3n) is 4.96. The Morgan fingerprint density at radius 1 is 1.00 bits per heavy atom. The number of hydrogen-bond donors (Lipinski definition) is 0. The number of methoxy groups -OCH3 is 2. The second kappa shape index (κ2) is 6.55. The molecule has 1 aliphatic heterocycles. The van der Waals surface area contributed by atoms with Crippen molar-refractivity contribution in [1.29, 1.82) is 0 Å². The first kappa shape index (κ1) is 17.3. The lowest BCUT2D eigenvalue weighted by Crippen LogP contribution is -2.49. The number of sulfonamides is 1. The maximum Gasteiger partial charge on any atom is 0.217 e. The fourth-order valence-electron chi connectivity index (χ4n) is 3.35. The quantitative estimate of drug-likeness (QED) is 0.774. The van der Waals surface area contributed by atoms with E-state index >= 15 is 0 Å². The van der Waals surface area contributed by atoms with Crippen LogP contribution >= 0.6 is 0 Å². The molecule has 0 amide bonds. The number of hydrogen-bond acceptors (Lipinski definition) is 7. The Bertz CT molecular complexity index is 922. The molecule has 9 heteroatoms. The second-order valence-corrected chi connectivity index (χ2v) is 8.77. The van der Waals surface area contributed by atoms with E-state index in [9.17, 15) is 8.42 Å². The topological polar surface area (TPSA) is 84.9 Å². The van der Waals surface area contributed by atoms with Gasteiger partial charge in [0.15, 0.2) is 11.5 Å². The van der Waals surface area contributed by atoms with E-state index in [1.165, 1.54) is 6.33 Å². The highest BCUT2D eigenvalue weighted by atomic mass is 32.2. The van der Waals surface area contributed by atoms with Gasteiger partial charge in [-0.3, -0.25) is 0 Å². The fraction of sp³-hybridized carbons (Fsp3) is 0.529. The zero-order valence-corrected chi connectivity index (χ0v) is 15.7. The highest BCUT2D eigenvalue weighted by molar-refractivity contribution is 7.90. The Morgan fingerprint density at radius 3 is 2.27 bits per heavy atom. The van der Waals surface area contributed by atoms with Crippen molar-refractivity contribution < 1.29 is 17.9 Å². The van der Waals surface area contributed by atoms with Crippen LogP contribution in [0.2, 0.25) is 0 Å². The van der Waals surface area contributed by atoms with Gasteiger partial charge in [-0.25, -0.2) is 18.4 Å². The maximum atomic E-state index is 12.4. The van der Waals surface area contributed by atoms with Crippen molar-refractivity contribution in [2.24, 2.45) is 0 Å². The predicted molar refractivity (Wildman–Crippen MR) is 98.4 cm³/mol. The van der Waals surface area contributed by atoms with Gasteiger partial charge >= 0.3 is 0 Å².